The summed E-state index contributed by atoms with van der Waals surface area (Å²) in [7, 11) is 2.66. The van der Waals surface area contributed by atoms with Crippen LogP contribution >= 0.6 is 34.8 Å². The zero-order valence-electron chi connectivity index (χ0n) is 36.4. The smallest absolute Gasteiger partial charge is 0.359 e. The van der Waals surface area contributed by atoms with Crippen molar-refractivity contribution in [1.29, 1.82) is 0 Å². The van der Waals surface area contributed by atoms with Gasteiger partial charge in [-0.1, -0.05) is 94.9 Å². The molecule has 332 valence electrons. The fourth-order valence-electron chi connectivity index (χ4n) is 13.4. The third-order valence-corrected chi connectivity index (χ3v) is 16.9. The van der Waals surface area contributed by atoms with Crippen LogP contribution in [0.15, 0.2) is 11.6 Å². The quantitative estimate of drug-likeness (QED) is 0.0795. The lowest BCUT2D eigenvalue weighted by atomic mass is 9.33. The van der Waals surface area contributed by atoms with Gasteiger partial charge in [0.15, 0.2) is 30.7 Å². The molecule has 0 amide bonds. The predicted octanol–water partition coefficient (Wildman–Crippen LogP) is 8.39. The summed E-state index contributed by atoms with van der Waals surface area (Å²) in [5, 5.41) is 0. The number of methoxy groups -OCH3 is 2. The van der Waals surface area contributed by atoms with Crippen LogP contribution in [0.4, 0.5) is 0 Å². The van der Waals surface area contributed by atoms with Crippen molar-refractivity contribution < 1.29 is 57.1 Å². The second-order valence-corrected chi connectivity index (χ2v) is 22.6. The van der Waals surface area contributed by atoms with Crippen molar-refractivity contribution >= 4 is 64.6 Å². The van der Waals surface area contributed by atoms with Crippen LogP contribution in [0.5, 0.6) is 0 Å². The molecule has 0 N–H and O–H groups in total. The Kier molecular flexibility index (Phi) is 12.5. The molecule has 13 atom stereocenters. The number of allylic oxidation sites excluding steroid dienone is 2. The van der Waals surface area contributed by atoms with E-state index in [1.54, 1.807) is 0 Å². The maximum atomic E-state index is 13.7. The van der Waals surface area contributed by atoms with Crippen LogP contribution < -0.4 is 0 Å². The highest BCUT2D eigenvalue weighted by Gasteiger charge is 2.70. The number of carbonyl (C=O) groups is 5. The molecule has 1 heterocycles. The number of hydrogen-bond acceptors (Lipinski definition) is 12. The average Bonchev–Trinajstić information content (AvgIpc) is 3.13. The van der Waals surface area contributed by atoms with Crippen LogP contribution in [-0.2, 0) is 57.1 Å². The van der Waals surface area contributed by atoms with Gasteiger partial charge in [0.05, 0.1) is 25.7 Å². The molecule has 5 fully saturated rings. The lowest BCUT2D eigenvalue weighted by Crippen LogP contribution is -2.67. The van der Waals surface area contributed by atoms with Gasteiger partial charge >= 0.3 is 29.8 Å². The Hall–Kier alpha value is -2.12. The molecule has 59 heavy (non-hydrogen) atoms. The normalized spacial score (nSPS) is 42.2. The summed E-state index contributed by atoms with van der Waals surface area (Å²) in [6.45, 7) is 18.6. The maximum absolute atomic E-state index is 13.7. The highest BCUT2D eigenvalue weighted by Crippen LogP contribution is 2.76. The SMILES string of the molecule is COC(=O)[C@H]1O[C@@H](O[C@H]2CC[C@]3(C)[C@H]4CC=C5[C@@H]6CC(C)(C)CC[C@]6(C(=O)OC)CC[C@@]5(C)[C@]4(C)CC[C@H]3C2(C)C)[C@H](OC(=O)C(Cl)(Cl)Cl)[C@@H](OC(C)=O)[C@@H]1OC(C)=O. The van der Waals surface area contributed by atoms with E-state index in [1.165, 1.54) is 12.7 Å². The number of ether oxygens (including phenoxy) is 7. The molecular weight excluding hydrogens is 827 g/mol. The minimum atomic E-state index is -2.54. The van der Waals surface area contributed by atoms with Gasteiger partial charge in [-0.2, -0.15) is 0 Å². The lowest BCUT2D eigenvalue weighted by molar-refractivity contribution is -0.327. The molecule has 4 saturated carbocycles. The molecule has 1 saturated heterocycles. The van der Waals surface area contributed by atoms with Crippen molar-refractivity contribution in [1.82, 2.24) is 0 Å². The Morgan fingerprint density at radius 2 is 1.37 bits per heavy atom. The molecule has 0 spiro atoms. The highest BCUT2D eigenvalue weighted by molar-refractivity contribution is 6.75. The molecule has 6 aliphatic rings. The standard InChI is InChI=1S/C44H63Cl3O12/c1-23(48)55-30-31(56-24(2)49)33(59-37(52)44(45,46)47)35(58-32(30)34(50)53-10)57-29-15-16-40(7)27(39(29,5)6)14-17-42(9)28(40)13-12-25-26-22-38(3,4)18-20-43(26,36(51)54-11)21-19-41(25,42)8/h12,26-33,35H,13-22H2,1-11H3/t26-,27-,28+,29-,30-,31-,32-,33+,35+,40-,41+,42+,43-/m0/s1. The first kappa shape index (κ1) is 46.4. The summed E-state index contributed by atoms with van der Waals surface area (Å²) >= 11 is 17.8. The summed E-state index contributed by atoms with van der Waals surface area (Å²) in [5.41, 5.74) is 0.379. The number of alkyl halides is 3. The fraction of sp³-hybridized carbons (Fsp3) is 0.841. The summed E-state index contributed by atoms with van der Waals surface area (Å²) in [6.07, 6.45) is 2.80. The van der Waals surface area contributed by atoms with Crippen LogP contribution in [-0.4, -0.2) is 84.7 Å². The van der Waals surface area contributed by atoms with Crippen molar-refractivity contribution in [2.24, 2.45) is 50.2 Å². The molecule has 0 unspecified atom stereocenters. The number of carbonyl (C=O) groups excluding carboxylic acids is 5. The minimum absolute atomic E-state index is 0.0321. The molecule has 0 bridgehead atoms. The topological polar surface area (TPSA) is 150 Å². The van der Waals surface area contributed by atoms with Gasteiger partial charge in [-0.15, -0.1) is 0 Å². The van der Waals surface area contributed by atoms with Crippen LogP contribution in [0.2, 0.25) is 0 Å². The molecule has 6 rings (SSSR count). The van der Waals surface area contributed by atoms with Gasteiger partial charge in [0, 0.05) is 13.8 Å². The van der Waals surface area contributed by atoms with Gasteiger partial charge < -0.3 is 33.2 Å². The lowest BCUT2D eigenvalue weighted by Gasteiger charge is -2.71. The second-order valence-electron chi connectivity index (χ2n) is 20.3. The number of rotatable bonds is 7. The molecule has 5 aliphatic carbocycles. The molecule has 12 nitrogen and oxygen atoms in total. The maximum Gasteiger partial charge on any atom is 0.359 e. The first-order chi connectivity index (χ1) is 27.2. The van der Waals surface area contributed by atoms with Gasteiger partial charge in [0.2, 0.25) is 0 Å². The van der Waals surface area contributed by atoms with Gasteiger partial charge in [0.1, 0.15) is 0 Å². The number of fused-ring (bicyclic) bond motifs is 7. The number of halogens is 3. The highest BCUT2D eigenvalue weighted by atomic mass is 35.6. The van der Waals surface area contributed by atoms with Crippen LogP contribution in [0.1, 0.15) is 127 Å². The fourth-order valence-corrected chi connectivity index (χ4v) is 13.5. The van der Waals surface area contributed by atoms with Gasteiger partial charge in [-0.3, -0.25) is 14.4 Å². The Morgan fingerprint density at radius 1 is 0.746 bits per heavy atom. The Labute approximate surface area is 363 Å². The van der Waals surface area contributed by atoms with Crippen molar-refractivity contribution in [2.75, 3.05) is 14.2 Å². The first-order valence-electron chi connectivity index (χ1n) is 21.0. The zero-order chi connectivity index (χ0) is 43.9. The molecule has 0 aromatic rings. The van der Waals surface area contributed by atoms with Crippen molar-refractivity contribution in [3.05, 3.63) is 11.6 Å². The van der Waals surface area contributed by atoms with E-state index in [-0.39, 0.29) is 39.5 Å². The van der Waals surface area contributed by atoms with E-state index in [1.807, 2.05) is 0 Å². The van der Waals surface area contributed by atoms with Gasteiger partial charge in [-0.25, -0.2) is 9.59 Å². The second kappa shape index (κ2) is 15.9. The van der Waals surface area contributed by atoms with E-state index in [9.17, 15) is 24.0 Å². The van der Waals surface area contributed by atoms with Crippen molar-refractivity contribution in [3.8, 4) is 0 Å². The van der Waals surface area contributed by atoms with E-state index in [2.05, 4.69) is 54.5 Å². The summed E-state index contributed by atoms with van der Waals surface area (Å²) in [5.74, 6) is -3.30. The monoisotopic (exact) mass is 888 g/mol. The molecule has 0 aromatic carbocycles. The first-order valence-corrected chi connectivity index (χ1v) is 22.2. The molecular formula is C44H63Cl3O12. The third kappa shape index (κ3) is 7.73. The van der Waals surface area contributed by atoms with E-state index < -0.39 is 75.3 Å². The molecule has 0 radical (unpaired) electrons. The Morgan fingerprint density at radius 3 is 1.97 bits per heavy atom. The van der Waals surface area contributed by atoms with Gasteiger partial charge in [0.25, 0.3) is 3.79 Å². The van der Waals surface area contributed by atoms with Crippen LogP contribution in [0.3, 0.4) is 0 Å². The summed E-state index contributed by atoms with van der Waals surface area (Å²) in [4.78, 5) is 64.8. The van der Waals surface area contributed by atoms with E-state index >= 15 is 0 Å². The van der Waals surface area contributed by atoms with Crippen molar-refractivity contribution in [2.45, 2.75) is 167 Å². The number of esters is 5. The molecule has 1 aliphatic heterocycles. The number of hydrogen-bond donors (Lipinski definition) is 0. The van der Waals surface area contributed by atoms with Crippen LogP contribution in [0, 0.1) is 50.2 Å². The zero-order valence-corrected chi connectivity index (χ0v) is 38.6. The minimum Gasteiger partial charge on any atom is -0.469 e. The van der Waals surface area contributed by atoms with E-state index in [0.29, 0.717) is 12.3 Å². The Balaban J connectivity index is 1.33. The van der Waals surface area contributed by atoms with Crippen molar-refractivity contribution in [3.63, 3.8) is 0 Å². The third-order valence-electron chi connectivity index (χ3n) is 16.5. The summed E-state index contributed by atoms with van der Waals surface area (Å²) in [6, 6.07) is 0. The van der Waals surface area contributed by atoms with Gasteiger partial charge in [-0.05, 0) is 109 Å². The van der Waals surface area contributed by atoms with Crippen LogP contribution in [0.25, 0.3) is 0 Å². The predicted molar refractivity (Wildman–Crippen MR) is 218 cm³/mol. The summed E-state index contributed by atoms with van der Waals surface area (Å²) < 4.78 is 37.8. The molecule has 0 aromatic heterocycles. The largest absolute Gasteiger partial charge is 0.469 e. The molecule has 15 heteroatoms. The van der Waals surface area contributed by atoms with E-state index in [0.717, 1.165) is 78.7 Å². The Bertz CT molecular complexity index is 1740. The van der Waals surface area contributed by atoms with E-state index in [4.69, 9.17) is 68.0 Å². The average molecular weight is 890 g/mol.